The van der Waals surface area contributed by atoms with E-state index in [1.54, 1.807) is 0 Å². The molecule has 0 radical (unpaired) electrons. The lowest BCUT2D eigenvalue weighted by Crippen LogP contribution is -2.27. The zero-order chi connectivity index (χ0) is 15.4. The highest BCUT2D eigenvalue weighted by Crippen LogP contribution is 2.16. The Morgan fingerprint density at radius 1 is 0.864 bits per heavy atom. The Bertz CT molecular complexity index is 749. The minimum atomic E-state index is -0.187. The van der Waals surface area contributed by atoms with Gasteiger partial charge in [0, 0.05) is 12.6 Å². The molecule has 112 valence electrons. The monoisotopic (exact) mass is 293 g/mol. The molecule has 3 rings (SSSR count). The molecule has 0 aliphatic rings. The summed E-state index contributed by atoms with van der Waals surface area (Å²) in [4.78, 5) is 0. The van der Waals surface area contributed by atoms with Crippen molar-refractivity contribution >= 4 is 10.8 Å². The molecule has 1 N–H and O–H groups in total. The lowest BCUT2D eigenvalue weighted by Gasteiger charge is -2.14. The maximum atomic E-state index is 12.9. The molecule has 0 saturated heterocycles. The van der Waals surface area contributed by atoms with Crippen LogP contribution in [0.25, 0.3) is 10.8 Å². The molecule has 0 aliphatic heterocycles. The van der Waals surface area contributed by atoms with Crippen LogP contribution < -0.4 is 5.32 Å². The van der Waals surface area contributed by atoms with Gasteiger partial charge < -0.3 is 5.32 Å². The second-order valence-corrected chi connectivity index (χ2v) is 5.79. The van der Waals surface area contributed by atoms with Gasteiger partial charge in [-0.2, -0.15) is 0 Å². The molecular formula is C20H20FN. The summed E-state index contributed by atoms with van der Waals surface area (Å²) in [5.41, 5.74) is 2.43. The van der Waals surface area contributed by atoms with Gasteiger partial charge in [0.15, 0.2) is 0 Å². The molecule has 0 saturated carbocycles. The van der Waals surface area contributed by atoms with Crippen molar-refractivity contribution in [2.45, 2.75) is 25.9 Å². The Morgan fingerprint density at radius 2 is 1.55 bits per heavy atom. The number of hydrogen-bond acceptors (Lipinski definition) is 1. The predicted molar refractivity (Wildman–Crippen MR) is 90.4 cm³/mol. The van der Waals surface area contributed by atoms with Gasteiger partial charge in [-0.1, -0.05) is 54.6 Å². The van der Waals surface area contributed by atoms with Crippen molar-refractivity contribution in [3.05, 3.63) is 83.7 Å². The fourth-order valence-electron chi connectivity index (χ4n) is 2.69. The quantitative estimate of drug-likeness (QED) is 0.719. The van der Waals surface area contributed by atoms with Crippen LogP contribution in [0.4, 0.5) is 4.39 Å². The highest BCUT2D eigenvalue weighted by atomic mass is 19.1. The van der Waals surface area contributed by atoms with Crippen LogP contribution in [0.15, 0.2) is 66.7 Å². The van der Waals surface area contributed by atoms with Crippen LogP contribution in [0, 0.1) is 5.82 Å². The van der Waals surface area contributed by atoms with Crippen molar-refractivity contribution in [2.24, 2.45) is 0 Å². The minimum Gasteiger partial charge on any atom is -0.310 e. The van der Waals surface area contributed by atoms with Crippen LogP contribution in [0.2, 0.25) is 0 Å². The van der Waals surface area contributed by atoms with Gasteiger partial charge >= 0.3 is 0 Å². The number of rotatable bonds is 5. The van der Waals surface area contributed by atoms with Gasteiger partial charge in [0.2, 0.25) is 0 Å². The molecule has 0 spiro atoms. The molecule has 0 aromatic heterocycles. The zero-order valence-electron chi connectivity index (χ0n) is 12.7. The van der Waals surface area contributed by atoms with Gasteiger partial charge in [-0.25, -0.2) is 4.39 Å². The van der Waals surface area contributed by atoms with Crippen molar-refractivity contribution in [1.82, 2.24) is 5.32 Å². The molecule has 2 heteroatoms. The third-order valence-corrected chi connectivity index (χ3v) is 3.92. The summed E-state index contributed by atoms with van der Waals surface area (Å²) in [5.74, 6) is -0.187. The first kappa shape index (κ1) is 14.7. The average Bonchev–Trinajstić information content (AvgIpc) is 2.54. The van der Waals surface area contributed by atoms with E-state index in [1.807, 2.05) is 12.1 Å². The smallest absolute Gasteiger partial charge is 0.123 e. The number of halogens is 1. The fourth-order valence-corrected chi connectivity index (χ4v) is 2.69. The molecular weight excluding hydrogens is 273 g/mol. The topological polar surface area (TPSA) is 12.0 Å². The summed E-state index contributed by atoms with van der Waals surface area (Å²) in [5, 5.41) is 6.05. The Kier molecular flexibility index (Phi) is 4.50. The molecule has 0 amide bonds. The highest BCUT2D eigenvalue weighted by Gasteiger charge is 2.04. The number of hydrogen-bond donors (Lipinski definition) is 1. The number of nitrogens with one attached hydrogen (secondary N) is 1. The van der Waals surface area contributed by atoms with E-state index in [2.05, 4.69) is 54.7 Å². The maximum absolute atomic E-state index is 12.9. The van der Waals surface area contributed by atoms with Crippen LogP contribution in [0.3, 0.4) is 0 Å². The molecule has 0 aliphatic carbocycles. The first-order valence-electron chi connectivity index (χ1n) is 7.66. The van der Waals surface area contributed by atoms with Crippen LogP contribution in [0.5, 0.6) is 0 Å². The van der Waals surface area contributed by atoms with Crippen molar-refractivity contribution in [2.75, 3.05) is 0 Å². The number of fused-ring (bicyclic) bond motifs is 1. The van der Waals surface area contributed by atoms with Crippen molar-refractivity contribution < 1.29 is 4.39 Å². The molecule has 1 nitrogen and oxygen atoms in total. The summed E-state index contributed by atoms with van der Waals surface area (Å²) in [6.45, 7) is 2.94. The van der Waals surface area contributed by atoms with E-state index in [0.29, 0.717) is 6.04 Å². The van der Waals surface area contributed by atoms with Crippen molar-refractivity contribution in [1.29, 1.82) is 0 Å². The summed E-state index contributed by atoms with van der Waals surface area (Å²) >= 11 is 0. The van der Waals surface area contributed by atoms with Crippen LogP contribution >= 0.6 is 0 Å². The van der Waals surface area contributed by atoms with Crippen LogP contribution in [0.1, 0.15) is 18.1 Å². The summed E-state index contributed by atoms with van der Waals surface area (Å²) in [6.07, 6.45) is 0.978. The van der Waals surface area contributed by atoms with E-state index in [1.165, 1.54) is 28.5 Å². The highest BCUT2D eigenvalue weighted by molar-refractivity contribution is 5.82. The van der Waals surface area contributed by atoms with E-state index in [0.717, 1.165) is 18.5 Å². The van der Waals surface area contributed by atoms with Gasteiger partial charge in [-0.05, 0) is 47.4 Å². The average molecular weight is 293 g/mol. The van der Waals surface area contributed by atoms with Gasteiger partial charge in [-0.3, -0.25) is 0 Å². The summed E-state index contributed by atoms with van der Waals surface area (Å²) in [6, 6.07) is 22.1. The Labute approximate surface area is 130 Å². The molecule has 1 unspecified atom stereocenters. The molecule has 22 heavy (non-hydrogen) atoms. The van der Waals surface area contributed by atoms with Gasteiger partial charge in [0.05, 0.1) is 0 Å². The minimum absolute atomic E-state index is 0.187. The normalized spacial score (nSPS) is 12.5. The third-order valence-electron chi connectivity index (χ3n) is 3.92. The summed E-state index contributed by atoms with van der Waals surface area (Å²) < 4.78 is 12.9. The van der Waals surface area contributed by atoms with E-state index < -0.39 is 0 Å². The second-order valence-electron chi connectivity index (χ2n) is 5.79. The Morgan fingerprint density at radius 3 is 2.32 bits per heavy atom. The first-order chi connectivity index (χ1) is 10.7. The molecule has 3 aromatic carbocycles. The Hall–Kier alpha value is -2.19. The standard InChI is InChI=1S/C20H20FN/c1-15(22-14-16-7-10-20(21)11-8-16)12-17-6-9-18-4-2-3-5-19(18)13-17/h2-11,13,15,22H,12,14H2,1H3. The van der Waals surface area contributed by atoms with E-state index >= 15 is 0 Å². The fraction of sp³-hybridized carbons (Fsp3) is 0.200. The summed E-state index contributed by atoms with van der Waals surface area (Å²) in [7, 11) is 0. The van der Waals surface area contributed by atoms with E-state index in [9.17, 15) is 4.39 Å². The second kappa shape index (κ2) is 6.71. The van der Waals surface area contributed by atoms with Crippen molar-refractivity contribution in [3.8, 4) is 0 Å². The van der Waals surface area contributed by atoms with Gasteiger partial charge in [0.25, 0.3) is 0 Å². The molecule has 0 bridgehead atoms. The van der Waals surface area contributed by atoms with Gasteiger partial charge in [0.1, 0.15) is 5.82 Å². The van der Waals surface area contributed by atoms with E-state index in [4.69, 9.17) is 0 Å². The van der Waals surface area contributed by atoms with Crippen LogP contribution in [-0.4, -0.2) is 6.04 Å². The molecule has 3 aromatic rings. The van der Waals surface area contributed by atoms with E-state index in [-0.39, 0.29) is 5.82 Å². The van der Waals surface area contributed by atoms with Crippen LogP contribution in [-0.2, 0) is 13.0 Å². The predicted octanol–water partition coefficient (Wildman–Crippen LogP) is 4.70. The largest absolute Gasteiger partial charge is 0.310 e. The zero-order valence-corrected chi connectivity index (χ0v) is 12.7. The third kappa shape index (κ3) is 3.71. The van der Waals surface area contributed by atoms with Gasteiger partial charge in [-0.15, -0.1) is 0 Å². The lowest BCUT2D eigenvalue weighted by atomic mass is 10.0. The molecule has 0 fully saturated rings. The lowest BCUT2D eigenvalue weighted by molar-refractivity contribution is 0.545. The van der Waals surface area contributed by atoms with Crippen molar-refractivity contribution in [3.63, 3.8) is 0 Å². The SMILES string of the molecule is CC(Cc1ccc2ccccc2c1)NCc1ccc(F)cc1. The first-order valence-corrected chi connectivity index (χ1v) is 7.66. The number of benzene rings is 3. The Balaban J connectivity index is 1.60. The molecule has 0 heterocycles. The maximum Gasteiger partial charge on any atom is 0.123 e. The molecule has 1 atom stereocenters.